The molecule has 1 rings (SSSR count). The van der Waals surface area contributed by atoms with Gasteiger partial charge in [0.25, 0.3) is 0 Å². The molecule has 0 bridgehead atoms. The molecule has 0 aliphatic rings. The normalized spacial score (nSPS) is 10.6. The summed E-state index contributed by atoms with van der Waals surface area (Å²) in [6.07, 6.45) is 0.996. The van der Waals surface area contributed by atoms with Gasteiger partial charge in [-0.3, -0.25) is 4.79 Å². The van der Waals surface area contributed by atoms with E-state index in [-0.39, 0.29) is 11.6 Å². The summed E-state index contributed by atoms with van der Waals surface area (Å²) >= 11 is 0. The topological polar surface area (TPSA) is 93.7 Å². The minimum atomic E-state index is -0.713. The number of benzene rings is 1. The van der Waals surface area contributed by atoms with Crippen molar-refractivity contribution < 1.29 is 23.9 Å². The lowest BCUT2D eigenvalue weighted by molar-refractivity contribution is -0.138. The Kier molecular flexibility index (Phi) is 6.12. The summed E-state index contributed by atoms with van der Waals surface area (Å²) in [5.41, 5.74) is 1.85. The van der Waals surface area contributed by atoms with Gasteiger partial charge in [-0.1, -0.05) is 6.07 Å². The number of esters is 2. The zero-order chi connectivity index (χ0) is 16.7. The van der Waals surface area contributed by atoms with Crippen LogP contribution in [0.3, 0.4) is 0 Å². The van der Waals surface area contributed by atoms with Crippen LogP contribution in [0.5, 0.6) is 0 Å². The van der Waals surface area contributed by atoms with Gasteiger partial charge in [-0.25, -0.2) is 9.59 Å². The number of nitrogens with one attached hydrogen (secondary N) is 2. The van der Waals surface area contributed by atoms with Gasteiger partial charge in [0, 0.05) is 18.3 Å². The Hall–Kier alpha value is -2.83. The van der Waals surface area contributed by atoms with E-state index in [2.05, 4.69) is 20.1 Å². The third-order valence-corrected chi connectivity index (χ3v) is 2.70. The minimum Gasteiger partial charge on any atom is -0.466 e. The van der Waals surface area contributed by atoms with Gasteiger partial charge >= 0.3 is 11.9 Å². The van der Waals surface area contributed by atoms with E-state index in [0.29, 0.717) is 11.4 Å². The molecule has 2 N–H and O–H groups in total. The average molecular weight is 306 g/mol. The van der Waals surface area contributed by atoms with Gasteiger partial charge < -0.3 is 20.1 Å². The molecule has 0 aromatic heterocycles. The second-order valence-electron chi connectivity index (χ2n) is 4.41. The van der Waals surface area contributed by atoms with Gasteiger partial charge in [-0.2, -0.15) is 0 Å². The highest BCUT2D eigenvalue weighted by Crippen LogP contribution is 2.22. The lowest BCUT2D eigenvalue weighted by Crippen LogP contribution is -2.16. The molecule has 0 unspecified atom stereocenters. The number of carbonyl (C=O) groups is 3. The first kappa shape index (κ1) is 17.2. The van der Waals surface area contributed by atoms with Crippen molar-refractivity contribution in [2.45, 2.75) is 13.8 Å². The van der Waals surface area contributed by atoms with Crippen molar-refractivity contribution >= 4 is 29.2 Å². The Bertz CT molecular complexity index is 622. The summed E-state index contributed by atoms with van der Waals surface area (Å²) in [5.74, 6) is -1.62. The van der Waals surface area contributed by atoms with Crippen molar-refractivity contribution in [1.82, 2.24) is 0 Å². The molecule has 118 valence electrons. The number of hydrogen-bond acceptors (Lipinski definition) is 6. The molecule has 0 saturated heterocycles. The Morgan fingerprint density at radius 2 is 1.77 bits per heavy atom. The molecule has 1 aromatic rings. The largest absolute Gasteiger partial charge is 0.466 e. The fraction of sp³-hybridized carbons (Fsp3) is 0.267. The number of hydrogen-bond donors (Lipinski definition) is 2. The van der Waals surface area contributed by atoms with E-state index in [1.807, 2.05) is 6.92 Å². The number of methoxy groups -OCH3 is 2. The summed E-state index contributed by atoms with van der Waals surface area (Å²) in [4.78, 5) is 34.1. The Labute approximate surface area is 128 Å². The standard InChI is InChI=1S/C15H18N2O5/c1-9-5-6-11(16-10(2)18)7-12(9)17-13(15(20)22-4)8-14(19)21-3/h5-8,17H,1-4H3,(H,16,18)/b13-8+. The van der Waals surface area contributed by atoms with Crippen molar-refractivity contribution in [3.05, 3.63) is 35.5 Å². The van der Waals surface area contributed by atoms with Crippen LogP contribution < -0.4 is 10.6 Å². The van der Waals surface area contributed by atoms with E-state index in [1.165, 1.54) is 21.1 Å². The van der Waals surface area contributed by atoms with Crippen molar-refractivity contribution in [1.29, 1.82) is 0 Å². The fourth-order valence-corrected chi connectivity index (χ4v) is 1.62. The van der Waals surface area contributed by atoms with Crippen LogP contribution in [0.25, 0.3) is 0 Å². The van der Waals surface area contributed by atoms with Crippen LogP contribution >= 0.6 is 0 Å². The Balaban J connectivity index is 3.12. The molecule has 0 radical (unpaired) electrons. The van der Waals surface area contributed by atoms with Crippen LogP contribution in [-0.4, -0.2) is 32.1 Å². The molecule has 0 aliphatic heterocycles. The third kappa shape index (κ3) is 4.93. The molecule has 0 saturated carbocycles. The maximum atomic E-state index is 11.7. The third-order valence-electron chi connectivity index (χ3n) is 2.70. The number of rotatable bonds is 5. The van der Waals surface area contributed by atoms with Gasteiger partial charge in [-0.15, -0.1) is 0 Å². The molecule has 7 nitrogen and oxygen atoms in total. The molecule has 7 heteroatoms. The molecule has 0 fully saturated rings. The fourth-order valence-electron chi connectivity index (χ4n) is 1.62. The summed E-state index contributed by atoms with van der Waals surface area (Å²) in [6.45, 7) is 3.21. The van der Waals surface area contributed by atoms with Crippen molar-refractivity contribution in [2.24, 2.45) is 0 Å². The summed E-state index contributed by atoms with van der Waals surface area (Å²) in [7, 11) is 2.41. The molecule has 1 aromatic carbocycles. The summed E-state index contributed by atoms with van der Waals surface area (Å²) in [5, 5.41) is 5.45. The van der Waals surface area contributed by atoms with Gasteiger partial charge in [0.15, 0.2) is 0 Å². The molecule has 0 aliphatic carbocycles. The first-order valence-electron chi connectivity index (χ1n) is 6.40. The Morgan fingerprint density at radius 3 is 2.32 bits per heavy atom. The second kappa shape index (κ2) is 7.82. The van der Waals surface area contributed by atoms with Crippen LogP contribution in [0, 0.1) is 6.92 Å². The number of carbonyl (C=O) groups excluding carboxylic acids is 3. The van der Waals surface area contributed by atoms with Crippen molar-refractivity contribution in [3.63, 3.8) is 0 Å². The van der Waals surface area contributed by atoms with Gasteiger partial charge in [0.05, 0.1) is 20.3 Å². The molecular formula is C15H18N2O5. The molecule has 0 atom stereocenters. The molecule has 1 amide bonds. The van der Waals surface area contributed by atoms with Crippen LogP contribution in [0.15, 0.2) is 30.0 Å². The van der Waals surface area contributed by atoms with Crippen LogP contribution in [0.2, 0.25) is 0 Å². The van der Waals surface area contributed by atoms with E-state index in [9.17, 15) is 14.4 Å². The van der Waals surface area contributed by atoms with Crippen LogP contribution in [0.1, 0.15) is 12.5 Å². The van der Waals surface area contributed by atoms with E-state index in [4.69, 9.17) is 0 Å². The van der Waals surface area contributed by atoms with Crippen LogP contribution in [-0.2, 0) is 23.9 Å². The quantitative estimate of drug-likeness (QED) is 0.634. The monoisotopic (exact) mass is 306 g/mol. The van der Waals surface area contributed by atoms with Crippen LogP contribution in [0.4, 0.5) is 11.4 Å². The molecule has 22 heavy (non-hydrogen) atoms. The maximum absolute atomic E-state index is 11.7. The second-order valence-corrected chi connectivity index (χ2v) is 4.41. The molecular weight excluding hydrogens is 288 g/mol. The zero-order valence-electron chi connectivity index (χ0n) is 12.9. The lowest BCUT2D eigenvalue weighted by atomic mass is 10.1. The lowest BCUT2D eigenvalue weighted by Gasteiger charge is -2.13. The number of ether oxygens (including phenoxy) is 2. The molecule has 0 spiro atoms. The highest BCUT2D eigenvalue weighted by atomic mass is 16.5. The van der Waals surface area contributed by atoms with Gasteiger partial charge in [0.1, 0.15) is 5.70 Å². The van der Waals surface area contributed by atoms with Gasteiger partial charge in [0.2, 0.25) is 5.91 Å². The SMILES string of the molecule is COC(=O)/C=C(/Nc1cc(NC(C)=O)ccc1C)C(=O)OC. The minimum absolute atomic E-state index is 0.0718. The average Bonchev–Trinajstić information content (AvgIpc) is 2.48. The van der Waals surface area contributed by atoms with Crippen molar-refractivity contribution in [3.8, 4) is 0 Å². The maximum Gasteiger partial charge on any atom is 0.354 e. The summed E-state index contributed by atoms with van der Waals surface area (Å²) < 4.78 is 9.12. The molecule has 0 heterocycles. The summed E-state index contributed by atoms with van der Waals surface area (Å²) in [6, 6.07) is 5.13. The number of amides is 1. The van der Waals surface area contributed by atoms with E-state index in [1.54, 1.807) is 18.2 Å². The van der Waals surface area contributed by atoms with Crippen molar-refractivity contribution in [2.75, 3.05) is 24.9 Å². The number of anilines is 2. The first-order valence-corrected chi connectivity index (χ1v) is 6.40. The highest BCUT2D eigenvalue weighted by Gasteiger charge is 2.14. The van der Waals surface area contributed by atoms with E-state index >= 15 is 0 Å². The zero-order valence-corrected chi connectivity index (χ0v) is 12.9. The van der Waals surface area contributed by atoms with Gasteiger partial charge in [-0.05, 0) is 24.6 Å². The Morgan fingerprint density at radius 1 is 1.09 bits per heavy atom. The highest BCUT2D eigenvalue weighted by molar-refractivity contribution is 5.99. The number of aryl methyl sites for hydroxylation is 1. The predicted molar refractivity (Wildman–Crippen MR) is 81.2 cm³/mol. The van der Waals surface area contributed by atoms with E-state index in [0.717, 1.165) is 11.6 Å². The van der Waals surface area contributed by atoms with E-state index < -0.39 is 11.9 Å². The first-order chi connectivity index (χ1) is 10.4. The smallest absolute Gasteiger partial charge is 0.354 e. The predicted octanol–water partition coefficient (Wildman–Crippen LogP) is 1.60.